The Morgan fingerprint density at radius 2 is 1.88 bits per heavy atom. The third kappa shape index (κ3) is 3.69. The van der Waals surface area contributed by atoms with Crippen LogP contribution in [0.3, 0.4) is 0 Å². The number of rotatable bonds is 3. The first-order valence-corrected chi connectivity index (χ1v) is 9.06. The standard InChI is InChI=1S/C18H28N4O2/c1-4-16-15(6-5-11-24-16)17(23)21-7-9-22(10-8-21)18-19-13(2)12-14(3)20-18/h12,15-16H,4-11H2,1-3H3/t15-,16-/m1/s1. The molecule has 2 atom stereocenters. The molecule has 3 heterocycles. The summed E-state index contributed by atoms with van der Waals surface area (Å²) in [5.41, 5.74) is 1.97. The molecule has 0 spiro atoms. The van der Waals surface area contributed by atoms with E-state index >= 15 is 0 Å². The maximum Gasteiger partial charge on any atom is 0.228 e. The number of aromatic nitrogens is 2. The zero-order valence-electron chi connectivity index (χ0n) is 15.0. The van der Waals surface area contributed by atoms with Crippen molar-refractivity contribution in [3.63, 3.8) is 0 Å². The van der Waals surface area contributed by atoms with E-state index in [1.165, 1.54) is 0 Å². The minimum Gasteiger partial charge on any atom is -0.377 e. The summed E-state index contributed by atoms with van der Waals surface area (Å²) in [6, 6.07) is 1.98. The first-order chi connectivity index (χ1) is 11.6. The van der Waals surface area contributed by atoms with Crippen LogP contribution in [-0.2, 0) is 9.53 Å². The molecule has 1 aromatic rings. The average Bonchev–Trinajstić information content (AvgIpc) is 2.60. The van der Waals surface area contributed by atoms with E-state index in [9.17, 15) is 4.79 Å². The van der Waals surface area contributed by atoms with E-state index in [-0.39, 0.29) is 17.9 Å². The van der Waals surface area contributed by atoms with Crippen molar-refractivity contribution in [1.29, 1.82) is 0 Å². The topological polar surface area (TPSA) is 58.6 Å². The summed E-state index contributed by atoms with van der Waals surface area (Å²) in [5, 5.41) is 0. The zero-order valence-corrected chi connectivity index (χ0v) is 15.0. The summed E-state index contributed by atoms with van der Waals surface area (Å²) in [5.74, 6) is 1.09. The molecule has 0 aromatic carbocycles. The number of carbonyl (C=O) groups is 1. The summed E-state index contributed by atoms with van der Waals surface area (Å²) in [6.07, 6.45) is 2.94. The fraction of sp³-hybridized carbons (Fsp3) is 0.722. The van der Waals surface area contributed by atoms with Crippen LogP contribution in [0.5, 0.6) is 0 Å². The second kappa shape index (κ2) is 7.47. The van der Waals surface area contributed by atoms with Crippen molar-refractivity contribution in [2.75, 3.05) is 37.7 Å². The van der Waals surface area contributed by atoms with Crippen LogP contribution in [0.25, 0.3) is 0 Å². The summed E-state index contributed by atoms with van der Waals surface area (Å²) in [6.45, 7) is 9.94. The molecule has 0 saturated carbocycles. The molecule has 132 valence electrons. The van der Waals surface area contributed by atoms with Crippen LogP contribution in [0.2, 0.25) is 0 Å². The number of hydrogen-bond acceptors (Lipinski definition) is 5. The Morgan fingerprint density at radius 3 is 2.50 bits per heavy atom. The highest BCUT2D eigenvalue weighted by molar-refractivity contribution is 5.79. The number of carbonyl (C=O) groups excluding carboxylic acids is 1. The summed E-state index contributed by atoms with van der Waals surface area (Å²) < 4.78 is 5.79. The molecule has 1 aromatic heterocycles. The molecule has 0 radical (unpaired) electrons. The molecule has 0 unspecified atom stereocenters. The van der Waals surface area contributed by atoms with Crippen molar-refractivity contribution in [2.45, 2.75) is 46.1 Å². The first-order valence-electron chi connectivity index (χ1n) is 9.06. The second-order valence-corrected chi connectivity index (χ2v) is 6.83. The van der Waals surface area contributed by atoms with Gasteiger partial charge in [-0.2, -0.15) is 0 Å². The largest absolute Gasteiger partial charge is 0.377 e. The molecule has 2 fully saturated rings. The van der Waals surface area contributed by atoms with Crippen LogP contribution < -0.4 is 4.90 Å². The number of amides is 1. The maximum atomic E-state index is 12.9. The Labute approximate surface area is 144 Å². The molecular weight excluding hydrogens is 304 g/mol. The van der Waals surface area contributed by atoms with Crippen LogP contribution >= 0.6 is 0 Å². The molecule has 0 aliphatic carbocycles. The van der Waals surface area contributed by atoms with Crippen LogP contribution in [0.4, 0.5) is 5.95 Å². The van der Waals surface area contributed by atoms with Gasteiger partial charge >= 0.3 is 0 Å². The monoisotopic (exact) mass is 332 g/mol. The van der Waals surface area contributed by atoms with Crippen LogP contribution in [0.1, 0.15) is 37.6 Å². The molecule has 0 N–H and O–H groups in total. The Kier molecular flexibility index (Phi) is 5.33. The zero-order chi connectivity index (χ0) is 17.1. The minimum absolute atomic E-state index is 0.0350. The maximum absolute atomic E-state index is 12.9. The summed E-state index contributed by atoms with van der Waals surface area (Å²) >= 11 is 0. The van der Waals surface area contributed by atoms with Gasteiger partial charge in [0.2, 0.25) is 11.9 Å². The predicted molar refractivity (Wildman–Crippen MR) is 93.1 cm³/mol. The van der Waals surface area contributed by atoms with E-state index < -0.39 is 0 Å². The molecule has 3 rings (SSSR count). The second-order valence-electron chi connectivity index (χ2n) is 6.83. The highest BCUT2D eigenvalue weighted by atomic mass is 16.5. The molecule has 1 amide bonds. The van der Waals surface area contributed by atoms with Crippen molar-refractivity contribution < 1.29 is 9.53 Å². The van der Waals surface area contributed by atoms with Gasteiger partial charge in [0.15, 0.2) is 0 Å². The van der Waals surface area contributed by atoms with Gasteiger partial charge in [-0.05, 0) is 39.2 Å². The third-order valence-corrected chi connectivity index (χ3v) is 5.00. The number of nitrogens with zero attached hydrogens (tertiary/aromatic N) is 4. The van der Waals surface area contributed by atoms with Crippen LogP contribution in [0, 0.1) is 19.8 Å². The molecule has 6 nitrogen and oxygen atoms in total. The fourth-order valence-corrected chi connectivity index (χ4v) is 3.73. The van der Waals surface area contributed by atoms with Gasteiger partial charge in [-0.25, -0.2) is 9.97 Å². The molecule has 2 aliphatic rings. The van der Waals surface area contributed by atoms with Crippen molar-refractivity contribution in [3.05, 3.63) is 17.5 Å². The van der Waals surface area contributed by atoms with Crippen molar-refractivity contribution >= 4 is 11.9 Å². The molecule has 0 bridgehead atoms. The number of piperazine rings is 1. The van der Waals surface area contributed by atoms with Crippen LogP contribution in [-0.4, -0.2) is 59.7 Å². The van der Waals surface area contributed by atoms with Crippen molar-refractivity contribution in [1.82, 2.24) is 14.9 Å². The van der Waals surface area contributed by atoms with Crippen LogP contribution in [0.15, 0.2) is 6.07 Å². The predicted octanol–water partition coefficient (Wildman–Crippen LogP) is 1.95. The van der Waals surface area contributed by atoms with Gasteiger partial charge in [0, 0.05) is 44.2 Å². The Bertz CT molecular complexity index is 564. The average molecular weight is 332 g/mol. The number of ether oxygens (including phenoxy) is 1. The van der Waals surface area contributed by atoms with E-state index in [1.54, 1.807) is 0 Å². The lowest BCUT2D eigenvalue weighted by Crippen LogP contribution is -2.53. The van der Waals surface area contributed by atoms with Gasteiger partial charge < -0.3 is 14.5 Å². The van der Waals surface area contributed by atoms with Crippen molar-refractivity contribution in [2.24, 2.45) is 5.92 Å². The highest BCUT2D eigenvalue weighted by Gasteiger charge is 2.35. The van der Waals surface area contributed by atoms with Gasteiger partial charge in [-0.3, -0.25) is 4.79 Å². The van der Waals surface area contributed by atoms with Gasteiger partial charge in [0.05, 0.1) is 12.0 Å². The lowest BCUT2D eigenvalue weighted by atomic mass is 9.91. The molecule has 6 heteroatoms. The lowest BCUT2D eigenvalue weighted by Gasteiger charge is -2.39. The number of aryl methyl sites for hydroxylation is 2. The fourth-order valence-electron chi connectivity index (χ4n) is 3.73. The highest BCUT2D eigenvalue weighted by Crippen LogP contribution is 2.26. The Morgan fingerprint density at radius 1 is 1.21 bits per heavy atom. The van der Waals surface area contributed by atoms with Gasteiger partial charge in [0.1, 0.15) is 0 Å². The lowest BCUT2D eigenvalue weighted by molar-refractivity contribution is -0.145. The smallest absolute Gasteiger partial charge is 0.228 e. The SMILES string of the molecule is CC[C@H]1OCCC[C@H]1C(=O)N1CCN(c2nc(C)cc(C)n2)CC1. The molecule has 24 heavy (non-hydrogen) atoms. The summed E-state index contributed by atoms with van der Waals surface area (Å²) in [4.78, 5) is 26.1. The molecule has 2 saturated heterocycles. The molecule has 2 aliphatic heterocycles. The van der Waals surface area contributed by atoms with E-state index in [2.05, 4.69) is 21.8 Å². The molecular formula is C18H28N4O2. The Hall–Kier alpha value is -1.69. The van der Waals surface area contributed by atoms with E-state index in [0.29, 0.717) is 0 Å². The number of anilines is 1. The normalized spacial score (nSPS) is 25.0. The van der Waals surface area contributed by atoms with Gasteiger partial charge in [-0.15, -0.1) is 0 Å². The van der Waals surface area contributed by atoms with Crippen molar-refractivity contribution in [3.8, 4) is 0 Å². The first kappa shape index (κ1) is 17.1. The van der Waals surface area contributed by atoms with Gasteiger partial charge in [0.25, 0.3) is 0 Å². The Balaban J connectivity index is 1.61. The quantitative estimate of drug-likeness (QED) is 0.847. The number of hydrogen-bond donors (Lipinski definition) is 0. The van der Waals surface area contributed by atoms with E-state index in [4.69, 9.17) is 4.74 Å². The third-order valence-electron chi connectivity index (χ3n) is 5.00. The van der Waals surface area contributed by atoms with E-state index in [1.807, 2.05) is 24.8 Å². The minimum atomic E-state index is 0.0350. The summed E-state index contributed by atoms with van der Waals surface area (Å²) in [7, 11) is 0. The van der Waals surface area contributed by atoms with E-state index in [0.717, 1.165) is 69.4 Å². The van der Waals surface area contributed by atoms with Gasteiger partial charge in [-0.1, -0.05) is 6.92 Å².